The van der Waals surface area contributed by atoms with Gasteiger partial charge in [-0.2, -0.15) is 0 Å². The van der Waals surface area contributed by atoms with E-state index in [0.29, 0.717) is 6.04 Å². The third kappa shape index (κ3) is 3.46. The Bertz CT molecular complexity index is 187. The van der Waals surface area contributed by atoms with E-state index < -0.39 is 0 Å². The number of hydrogen-bond donors (Lipinski definition) is 1. The van der Waals surface area contributed by atoms with E-state index in [1.165, 1.54) is 70.9 Å². The van der Waals surface area contributed by atoms with Gasteiger partial charge in [-0.1, -0.05) is 32.1 Å². The molecule has 0 bridgehead atoms. The Labute approximate surface area is 101 Å². The highest BCUT2D eigenvalue weighted by atomic mass is 15.2. The minimum absolute atomic E-state index is 0.685. The lowest BCUT2D eigenvalue weighted by molar-refractivity contribution is 0.154. The topological polar surface area (TPSA) is 29.3 Å². The first-order valence-corrected chi connectivity index (χ1v) is 7.34. The van der Waals surface area contributed by atoms with E-state index in [2.05, 4.69) is 4.90 Å². The number of rotatable bonds is 3. The van der Waals surface area contributed by atoms with Crippen LogP contribution in [0.25, 0.3) is 0 Å². The fraction of sp³-hybridized carbons (Fsp3) is 1.00. The van der Waals surface area contributed by atoms with Crippen molar-refractivity contribution < 1.29 is 0 Å². The molecule has 1 atom stereocenters. The number of hydrogen-bond acceptors (Lipinski definition) is 2. The van der Waals surface area contributed by atoms with Crippen molar-refractivity contribution in [2.45, 2.75) is 63.8 Å². The highest BCUT2D eigenvalue weighted by molar-refractivity contribution is 4.79. The summed E-state index contributed by atoms with van der Waals surface area (Å²) in [6.45, 7) is 3.51. The zero-order chi connectivity index (χ0) is 11.2. The highest BCUT2D eigenvalue weighted by Gasteiger charge is 2.23. The summed E-state index contributed by atoms with van der Waals surface area (Å²) >= 11 is 0. The molecule has 1 saturated carbocycles. The molecule has 2 nitrogen and oxygen atoms in total. The van der Waals surface area contributed by atoms with E-state index in [4.69, 9.17) is 5.73 Å². The first kappa shape index (κ1) is 12.4. The van der Waals surface area contributed by atoms with E-state index in [-0.39, 0.29) is 0 Å². The van der Waals surface area contributed by atoms with Crippen LogP contribution < -0.4 is 5.73 Å². The summed E-state index contributed by atoms with van der Waals surface area (Å²) in [7, 11) is 0. The normalized spacial score (nSPS) is 30.2. The van der Waals surface area contributed by atoms with Crippen LogP contribution in [-0.2, 0) is 0 Å². The Hall–Kier alpha value is -0.0800. The molecule has 1 aliphatic heterocycles. The number of likely N-dealkylation sites (tertiary alicyclic amines) is 1. The molecule has 0 aromatic rings. The highest BCUT2D eigenvalue weighted by Crippen LogP contribution is 2.26. The van der Waals surface area contributed by atoms with Gasteiger partial charge in [0.25, 0.3) is 0 Å². The zero-order valence-corrected chi connectivity index (χ0v) is 10.7. The molecule has 0 amide bonds. The molecule has 0 radical (unpaired) electrons. The first-order valence-electron chi connectivity index (χ1n) is 7.34. The van der Waals surface area contributed by atoms with Crippen molar-refractivity contribution in [1.29, 1.82) is 0 Å². The Kier molecular flexibility index (Phi) is 5.11. The lowest BCUT2D eigenvalue weighted by Gasteiger charge is -2.33. The molecule has 2 rings (SSSR count). The second kappa shape index (κ2) is 6.61. The van der Waals surface area contributed by atoms with Gasteiger partial charge in [0.15, 0.2) is 0 Å². The fourth-order valence-corrected chi connectivity index (χ4v) is 3.45. The summed E-state index contributed by atoms with van der Waals surface area (Å²) in [6.07, 6.45) is 12.9. The minimum atomic E-state index is 0.685. The molecule has 2 N–H and O–H groups in total. The summed E-state index contributed by atoms with van der Waals surface area (Å²) in [6, 6.07) is 0.685. The van der Waals surface area contributed by atoms with Gasteiger partial charge in [0.2, 0.25) is 0 Å². The molecule has 0 aromatic carbocycles. The smallest absolute Gasteiger partial charge is 0.0218 e. The van der Waals surface area contributed by atoms with Gasteiger partial charge in [0.05, 0.1) is 0 Å². The van der Waals surface area contributed by atoms with Crippen molar-refractivity contribution in [3.8, 4) is 0 Å². The van der Waals surface area contributed by atoms with Crippen LogP contribution in [0.5, 0.6) is 0 Å². The molecule has 0 spiro atoms. The maximum Gasteiger partial charge on any atom is 0.0218 e. The molecule has 16 heavy (non-hydrogen) atoms. The summed E-state index contributed by atoms with van der Waals surface area (Å²) in [5.41, 5.74) is 5.93. The average molecular weight is 224 g/mol. The van der Waals surface area contributed by atoms with Crippen LogP contribution in [0.4, 0.5) is 0 Å². The quantitative estimate of drug-likeness (QED) is 0.798. The molecule has 2 aliphatic rings. The van der Waals surface area contributed by atoms with Gasteiger partial charge in [-0.15, -0.1) is 0 Å². The van der Waals surface area contributed by atoms with Gasteiger partial charge >= 0.3 is 0 Å². The molecule has 1 unspecified atom stereocenters. The third-order valence-corrected chi connectivity index (χ3v) is 4.49. The molecule has 94 valence electrons. The van der Waals surface area contributed by atoms with Crippen molar-refractivity contribution >= 4 is 0 Å². The lowest BCUT2D eigenvalue weighted by atomic mass is 9.88. The largest absolute Gasteiger partial charge is 0.329 e. The fourth-order valence-electron chi connectivity index (χ4n) is 3.45. The van der Waals surface area contributed by atoms with Crippen LogP contribution in [0.3, 0.4) is 0 Å². The Morgan fingerprint density at radius 3 is 2.31 bits per heavy atom. The molecule has 2 heteroatoms. The Morgan fingerprint density at radius 1 is 0.875 bits per heavy atom. The van der Waals surface area contributed by atoms with Crippen LogP contribution in [0.1, 0.15) is 57.8 Å². The van der Waals surface area contributed by atoms with Crippen molar-refractivity contribution in [2.75, 3.05) is 19.6 Å². The molecular weight excluding hydrogens is 196 g/mol. The van der Waals surface area contributed by atoms with E-state index in [9.17, 15) is 0 Å². The predicted molar refractivity (Wildman–Crippen MR) is 69.5 cm³/mol. The van der Waals surface area contributed by atoms with Crippen molar-refractivity contribution in [2.24, 2.45) is 11.7 Å². The van der Waals surface area contributed by atoms with E-state index in [1.54, 1.807) is 0 Å². The van der Waals surface area contributed by atoms with Crippen LogP contribution in [-0.4, -0.2) is 30.6 Å². The molecule has 1 saturated heterocycles. The second-order valence-electron chi connectivity index (χ2n) is 5.74. The maximum absolute atomic E-state index is 5.93. The van der Waals surface area contributed by atoms with Gasteiger partial charge in [-0.25, -0.2) is 0 Å². The van der Waals surface area contributed by atoms with E-state index in [1.807, 2.05) is 0 Å². The molecular formula is C14H28N2. The number of nitrogens with two attached hydrogens (primary N) is 1. The van der Waals surface area contributed by atoms with Crippen molar-refractivity contribution in [3.05, 3.63) is 0 Å². The zero-order valence-electron chi connectivity index (χ0n) is 10.7. The van der Waals surface area contributed by atoms with Crippen LogP contribution >= 0.6 is 0 Å². The SMILES string of the molecule is NCC1CCCCCN1CC1CCCCC1. The van der Waals surface area contributed by atoms with Gasteiger partial charge in [-0.05, 0) is 38.1 Å². The summed E-state index contributed by atoms with van der Waals surface area (Å²) < 4.78 is 0. The molecule has 1 heterocycles. The van der Waals surface area contributed by atoms with Gasteiger partial charge in [-0.3, -0.25) is 4.90 Å². The second-order valence-corrected chi connectivity index (χ2v) is 5.74. The Morgan fingerprint density at radius 2 is 1.56 bits per heavy atom. The van der Waals surface area contributed by atoms with Crippen LogP contribution in [0, 0.1) is 5.92 Å². The van der Waals surface area contributed by atoms with Crippen LogP contribution in [0.15, 0.2) is 0 Å². The van der Waals surface area contributed by atoms with Crippen molar-refractivity contribution in [3.63, 3.8) is 0 Å². The minimum Gasteiger partial charge on any atom is -0.329 e. The summed E-state index contributed by atoms with van der Waals surface area (Å²) in [5, 5.41) is 0. The molecule has 1 aliphatic carbocycles. The summed E-state index contributed by atoms with van der Waals surface area (Å²) in [4.78, 5) is 2.71. The Balaban J connectivity index is 1.83. The molecule has 2 fully saturated rings. The lowest BCUT2D eigenvalue weighted by Crippen LogP contribution is -2.43. The monoisotopic (exact) mass is 224 g/mol. The third-order valence-electron chi connectivity index (χ3n) is 4.49. The molecule has 0 aromatic heterocycles. The number of nitrogens with zero attached hydrogens (tertiary/aromatic N) is 1. The van der Waals surface area contributed by atoms with Gasteiger partial charge in [0, 0.05) is 19.1 Å². The van der Waals surface area contributed by atoms with E-state index in [0.717, 1.165) is 12.5 Å². The standard InChI is InChI=1S/C14H28N2/c15-11-14-9-5-2-6-10-16(14)12-13-7-3-1-4-8-13/h13-14H,1-12,15H2. The first-order chi connectivity index (χ1) is 7.90. The van der Waals surface area contributed by atoms with Gasteiger partial charge in [0.1, 0.15) is 0 Å². The van der Waals surface area contributed by atoms with Crippen LogP contribution in [0.2, 0.25) is 0 Å². The van der Waals surface area contributed by atoms with Gasteiger partial charge < -0.3 is 5.73 Å². The van der Waals surface area contributed by atoms with Crippen molar-refractivity contribution in [1.82, 2.24) is 4.90 Å². The van der Waals surface area contributed by atoms with E-state index >= 15 is 0 Å². The average Bonchev–Trinajstić information content (AvgIpc) is 2.55. The summed E-state index contributed by atoms with van der Waals surface area (Å²) in [5.74, 6) is 0.973. The predicted octanol–water partition coefficient (Wildman–Crippen LogP) is 2.77. The maximum atomic E-state index is 5.93.